The number of nitrogens with zero attached hydrogens (tertiary/aromatic N) is 3. The van der Waals surface area contributed by atoms with Crippen LogP contribution in [0.1, 0.15) is 44.9 Å². The number of anilines is 1. The van der Waals surface area contributed by atoms with Crippen LogP contribution in [0.4, 0.5) is 5.82 Å². The number of carbonyl (C=O) groups excluding carboxylic acids is 1. The predicted octanol–water partition coefficient (Wildman–Crippen LogP) is 3.67. The zero-order valence-corrected chi connectivity index (χ0v) is 14.7. The fourth-order valence-electron chi connectivity index (χ4n) is 3.95. The molecular weight excluding hydrogens is 320 g/mol. The molecule has 0 spiro atoms. The number of amides is 1. The van der Waals surface area contributed by atoms with E-state index in [4.69, 9.17) is 0 Å². The Balaban J connectivity index is 1.34. The van der Waals surface area contributed by atoms with Gasteiger partial charge in [0.15, 0.2) is 0 Å². The lowest BCUT2D eigenvalue weighted by Gasteiger charge is -2.35. The first kappa shape index (κ1) is 15.8. The molecule has 1 saturated heterocycles. The third-order valence-corrected chi connectivity index (χ3v) is 6.18. The molecule has 1 saturated carbocycles. The Morgan fingerprint density at radius 2 is 1.92 bits per heavy atom. The van der Waals surface area contributed by atoms with Gasteiger partial charge in [-0.3, -0.25) is 4.79 Å². The Kier molecular flexibility index (Phi) is 4.65. The molecule has 2 fully saturated rings. The summed E-state index contributed by atoms with van der Waals surface area (Å²) in [7, 11) is 0. The summed E-state index contributed by atoms with van der Waals surface area (Å²) in [5.41, 5.74) is 0. The van der Waals surface area contributed by atoms with E-state index in [0.29, 0.717) is 11.9 Å². The molecule has 1 N–H and O–H groups in total. The maximum absolute atomic E-state index is 12.6. The Morgan fingerprint density at radius 1 is 1.12 bits per heavy atom. The molecular formula is C18H24N4OS. The molecule has 128 valence electrons. The van der Waals surface area contributed by atoms with Gasteiger partial charge < -0.3 is 10.2 Å². The van der Waals surface area contributed by atoms with Gasteiger partial charge in [0.2, 0.25) is 5.91 Å². The van der Waals surface area contributed by atoms with Crippen LogP contribution in [0.25, 0.3) is 10.2 Å². The number of carbonyl (C=O) groups is 1. The standard InChI is InChI=1S/C18H24N4OS/c23-18(13-4-2-1-3-5-13)22-9-6-14(7-10-22)21-16-15-8-11-24-17(15)20-12-19-16/h8,11-14H,1-7,9-10H2,(H,19,20,21). The van der Waals surface area contributed by atoms with Gasteiger partial charge in [0.25, 0.3) is 0 Å². The van der Waals surface area contributed by atoms with Crippen LogP contribution >= 0.6 is 11.3 Å². The lowest BCUT2D eigenvalue weighted by Crippen LogP contribution is -2.45. The van der Waals surface area contributed by atoms with E-state index in [0.717, 1.165) is 54.8 Å². The second-order valence-corrected chi connectivity index (χ2v) is 7.84. The molecule has 3 heterocycles. The largest absolute Gasteiger partial charge is 0.367 e. The zero-order chi connectivity index (χ0) is 16.4. The first-order valence-electron chi connectivity index (χ1n) is 9.05. The van der Waals surface area contributed by atoms with E-state index in [-0.39, 0.29) is 5.92 Å². The van der Waals surface area contributed by atoms with Crippen molar-refractivity contribution in [1.82, 2.24) is 14.9 Å². The lowest BCUT2D eigenvalue weighted by atomic mass is 9.87. The van der Waals surface area contributed by atoms with E-state index in [1.54, 1.807) is 17.7 Å². The quantitative estimate of drug-likeness (QED) is 0.923. The van der Waals surface area contributed by atoms with Crippen molar-refractivity contribution < 1.29 is 4.79 Å². The van der Waals surface area contributed by atoms with E-state index in [1.807, 2.05) is 0 Å². The number of likely N-dealkylation sites (tertiary alicyclic amines) is 1. The summed E-state index contributed by atoms with van der Waals surface area (Å²) < 4.78 is 0. The Hall–Kier alpha value is -1.69. The minimum absolute atomic E-state index is 0.288. The molecule has 0 unspecified atom stereocenters. The molecule has 5 nitrogen and oxygen atoms in total. The Labute approximate surface area is 146 Å². The van der Waals surface area contributed by atoms with Crippen LogP contribution in [0.2, 0.25) is 0 Å². The van der Waals surface area contributed by atoms with Crippen molar-refractivity contribution in [3.63, 3.8) is 0 Å². The van der Waals surface area contributed by atoms with Crippen molar-refractivity contribution in [2.24, 2.45) is 5.92 Å². The van der Waals surface area contributed by atoms with Gasteiger partial charge in [-0.1, -0.05) is 19.3 Å². The van der Waals surface area contributed by atoms with E-state index in [2.05, 4.69) is 31.6 Å². The number of nitrogens with one attached hydrogen (secondary N) is 1. The van der Waals surface area contributed by atoms with Crippen molar-refractivity contribution in [3.05, 3.63) is 17.8 Å². The van der Waals surface area contributed by atoms with Gasteiger partial charge in [-0.15, -0.1) is 11.3 Å². The molecule has 2 aliphatic rings. The summed E-state index contributed by atoms with van der Waals surface area (Å²) in [5, 5.41) is 6.72. The molecule has 1 aliphatic carbocycles. The van der Waals surface area contributed by atoms with Gasteiger partial charge >= 0.3 is 0 Å². The highest BCUT2D eigenvalue weighted by Crippen LogP contribution is 2.28. The van der Waals surface area contributed by atoms with Crippen molar-refractivity contribution in [1.29, 1.82) is 0 Å². The summed E-state index contributed by atoms with van der Waals surface area (Å²) in [6.07, 6.45) is 9.54. The van der Waals surface area contributed by atoms with Gasteiger partial charge in [-0.25, -0.2) is 9.97 Å². The zero-order valence-electron chi connectivity index (χ0n) is 13.9. The summed E-state index contributed by atoms with van der Waals surface area (Å²) in [6, 6.07) is 2.46. The predicted molar refractivity (Wildman–Crippen MR) is 97.2 cm³/mol. The SMILES string of the molecule is O=C(C1CCCCC1)N1CCC(Nc2ncnc3sccc23)CC1. The first-order valence-corrected chi connectivity index (χ1v) is 9.93. The average Bonchev–Trinajstić information content (AvgIpc) is 3.12. The van der Waals surface area contributed by atoms with Crippen LogP contribution in [0.3, 0.4) is 0 Å². The van der Waals surface area contributed by atoms with Crippen LogP contribution in [-0.2, 0) is 4.79 Å². The first-order chi connectivity index (χ1) is 11.8. The molecule has 1 aliphatic heterocycles. The molecule has 0 radical (unpaired) electrons. The van der Waals surface area contributed by atoms with Gasteiger partial charge in [-0.2, -0.15) is 0 Å². The van der Waals surface area contributed by atoms with Gasteiger partial charge in [-0.05, 0) is 37.1 Å². The van der Waals surface area contributed by atoms with Crippen molar-refractivity contribution in [2.75, 3.05) is 18.4 Å². The molecule has 0 bridgehead atoms. The normalized spacial score (nSPS) is 20.4. The highest BCUT2D eigenvalue weighted by Gasteiger charge is 2.29. The second kappa shape index (κ2) is 7.05. The molecule has 1 amide bonds. The number of aromatic nitrogens is 2. The molecule has 0 atom stereocenters. The molecule has 24 heavy (non-hydrogen) atoms. The highest BCUT2D eigenvalue weighted by atomic mass is 32.1. The third-order valence-electron chi connectivity index (χ3n) is 5.36. The fraction of sp³-hybridized carbons (Fsp3) is 0.611. The molecule has 0 aromatic carbocycles. The van der Waals surface area contributed by atoms with E-state index in [9.17, 15) is 4.79 Å². The summed E-state index contributed by atoms with van der Waals surface area (Å²) in [6.45, 7) is 1.73. The molecule has 6 heteroatoms. The van der Waals surface area contributed by atoms with E-state index < -0.39 is 0 Å². The minimum atomic E-state index is 0.288. The maximum Gasteiger partial charge on any atom is 0.225 e. The molecule has 4 rings (SSSR count). The van der Waals surface area contributed by atoms with E-state index >= 15 is 0 Å². The summed E-state index contributed by atoms with van der Waals surface area (Å²) in [4.78, 5) is 24.5. The minimum Gasteiger partial charge on any atom is -0.367 e. The monoisotopic (exact) mass is 344 g/mol. The van der Waals surface area contributed by atoms with Crippen molar-refractivity contribution in [3.8, 4) is 0 Å². The number of fused-ring (bicyclic) bond motifs is 1. The van der Waals surface area contributed by atoms with Crippen molar-refractivity contribution in [2.45, 2.75) is 51.0 Å². The number of rotatable bonds is 3. The van der Waals surface area contributed by atoms with Gasteiger partial charge in [0.05, 0.1) is 5.39 Å². The highest BCUT2D eigenvalue weighted by molar-refractivity contribution is 7.16. The van der Waals surface area contributed by atoms with Gasteiger partial charge in [0.1, 0.15) is 17.0 Å². The number of hydrogen-bond acceptors (Lipinski definition) is 5. The van der Waals surface area contributed by atoms with E-state index in [1.165, 1.54) is 19.3 Å². The number of thiophene rings is 1. The Morgan fingerprint density at radius 3 is 2.71 bits per heavy atom. The van der Waals surface area contributed by atoms with Crippen LogP contribution in [0, 0.1) is 5.92 Å². The maximum atomic E-state index is 12.6. The lowest BCUT2D eigenvalue weighted by molar-refractivity contribution is -0.137. The van der Waals surface area contributed by atoms with Gasteiger partial charge in [0, 0.05) is 25.0 Å². The van der Waals surface area contributed by atoms with Crippen LogP contribution in [0.5, 0.6) is 0 Å². The molecule has 2 aromatic heterocycles. The average molecular weight is 344 g/mol. The summed E-state index contributed by atoms with van der Waals surface area (Å²) in [5.74, 6) is 1.62. The molecule has 2 aromatic rings. The van der Waals surface area contributed by atoms with Crippen molar-refractivity contribution >= 4 is 33.3 Å². The topological polar surface area (TPSA) is 58.1 Å². The van der Waals surface area contributed by atoms with Crippen LogP contribution in [0.15, 0.2) is 17.8 Å². The second-order valence-electron chi connectivity index (χ2n) is 6.94. The third kappa shape index (κ3) is 3.24. The fourth-order valence-corrected chi connectivity index (χ4v) is 4.68. The van der Waals surface area contributed by atoms with Crippen LogP contribution < -0.4 is 5.32 Å². The smallest absolute Gasteiger partial charge is 0.225 e. The van der Waals surface area contributed by atoms with Crippen LogP contribution in [-0.4, -0.2) is 39.9 Å². The Bertz CT molecular complexity index is 702. The number of hydrogen-bond donors (Lipinski definition) is 1. The summed E-state index contributed by atoms with van der Waals surface area (Å²) >= 11 is 1.64. The number of piperidine rings is 1.